The average Bonchev–Trinajstić information content (AvgIpc) is 2.44. The lowest BCUT2D eigenvalue weighted by atomic mass is 10.2. The predicted octanol–water partition coefficient (Wildman–Crippen LogP) is 1.43. The van der Waals surface area contributed by atoms with Gasteiger partial charge in [0.1, 0.15) is 10.4 Å². The Morgan fingerprint density at radius 3 is 2.57 bits per heavy atom. The lowest BCUT2D eigenvalue weighted by Crippen LogP contribution is -2.42. The number of amides is 1. The number of thiocarbonyl (C=S) groups is 1. The molecule has 1 rings (SSSR count). The number of carboxylic acid groups (broad SMARTS) is 1. The van der Waals surface area contributed by atoms with Crippen LogP contribution in [0.4, 0.5) is 0 Å². The van der Waals surface area contributed by atoms with Crippen LogP contribution in [0.3, 0.4) is 0 Å². The maximum atomic E-state index is 11.0. The average molecular weight is 326 g/mol. The summed E-state index contributed by atoms with van der Waals surface area (Å²) >= 11 is 6.35. The van der Waals surface area contributed by atoms with Gasteiger partial charge in [0.05, 0.1) is 0 Å². The maximum absolute atomic E-state index is 11.0. The van der Waals surface area contributed by atoms with Crippen molar-refractivity contribution in [2.24, 2.45) is 0 Å². The molecule has 1 aromatic carbocycles. The van der Waals surface area contributed by atoms with E-state index in [1.807, 2.05) is 30.3 Å². The Morgan fingerprint density at radius 1 is 1.33 bits per heavy atom. The van der Waals surface area contributed by atoms with Crippen LogP contribution in [0.1, 0.15) is 12.5 Å². The highest BCUT2D eigenvalue weighted by molar-refractivity contribution is 8.23. The lowest BCUT2D eigenvalue weighted by molar-refractivity contribution is -0.140. The largest absolute Gasteiger partial charge is 0.480 e. The number of hydrogen-bond acceptors (Lipinski definition) is 4. The van der Waals surface area contributed by atoms with Crippen LogP contribution in [-0.2, 0) is 16.0 Å². The summed E-state index contributed by atoms with van der Waals surface area (Å²) in [7, 11) is 0. The number of carbonyl (C=O) groups is 2. The zero-order valence-electron chi connectivity index (χ0n) is 11.7. The van der Waals surface area contributed by atoms with Crippen molar-refractivity contribution in [3.63, 3.8) is 0 Å². The highest BCUT2D eigenvalue weighted by Gasteiger charge is 2.18. The van der Waals surface area contributed by atoms with Gasteiger partial charge < -0.3 is 15.7 Å². The topological polar surface area (TPSA) is 78.4 Å². The molecule has 0 fully saturated rings. The summed E-state index contributed by atoms with van der Waals surface area (Å²) in [6, 6.07) is 9.07. The van der Waals surface area contributed by atoms with E-state index in [0.29, 0.717) is 10.9 Å². The minimum Gasteiger partial charge on any atom is -0.480 e. The third-order valence-electron chi connectivity index (χ3n) is 2.58. The monoisotopic (exact) mass is 326 g/mol. The summed E-state index contributed by atoms with van der Waals surface area (Å²) in [5.74, 6) is -1.23. The van der Waals surface area contributed by atoms with Crippen molar-refractivity contribution < 1.29 is 14.7 Å². The molecule has 0 aliphatic heterocycles. The zero-order valence-corrected chi connectivity index (χ0v) is 13.3. The molecule has 0 aromatic heterocycles. The molecule has 0 aliphatic carbocycles. The fraction of sp³-hybridized carbons (Fsp3) is 0.357. The Balaban J connectivity index is 2.26. The number of nitrogens with one attached hydrogen (secondary N) is 2. The van der Waals surface area contributed by atoms with Crippen molar-refractivity contribution >= 4 is 40.2 Å². The second-order valence-corrected chi connectivity index (χ2v) is 6.05. The Kier molecular flexibility index (Phi) is 7.78. The predicted molar refractivity (Wildman–Crippen MR) is 88.4 cm³/mol. The summed E-state index contributed by atoms with van der Waals surface area (Å²) in [6.45, 7) is 1.98. The van der Waals surface area contributed by atoms with E-state index < -0.39 is 12.0 Å². The van der Waals surface area contributed by atoms with Crippen LogP contribution in [0.25, 0.3) is 0 Å². The molecule has 0 unspecified atom stereocenters. The van der Waals surface area contributed by atoms with Crippen LogP contribution < -0.4 is 10.6 Å². The van der Waals surface area contributed by atoms with Gasteiger partial charge in [-0.2, -0.15) is 0 Å². The van der Waals surface area contributed by atoms with E-state index in [4.69, 9.17) is 17.3 Å². The molecule has 1 amide bonds. The standard InChI is InChI=1S/C14H18N2O3S2/c1-10(17)16-12(13(18)19)9-21-14(20)15-8-7-11-5-3-2-4-6-11/h2-6,12H,7-9H2,1H3,(H,15,20)(H,16,17)(H,18,19)/t12-/m0/s1. The summed E-state index contributed by atoms with van der Waals surface area (Å²) in [6.07, 6.45) is 0.843. The fourth-order valence-electron chi connectivity index (χ4n) is 1.58. The number of aliphatic carboxylic acids is 1. The number of carbonyl (C=O) groups excluding carboxylic acids is 1. The lowest BCUT2D eigenvalue weighted by Gasteiger charge is -2.13. The van der Waals surface area contributed by atoms with Crippen LogP contribution in [-0.4, -0.2) is 39.6 Å². The highest BCUT2D eigenvalue weighted by atomic mass is 32.2. The van der Waals surface area contributed by atoms with Gasteiger partial charge in [0.15, 0.2) is 0 Å². The number of carboxylic acids is 1. The first-order valence-corrected chi connectivity index (χ1v) is 7.83. The molecule has 0 heterocycles. The van der Waals surface area contributed by atoms with Crippen LogP contribution in [0, 0.1) is 0 Å². The van der Waals surface area contributed by atoms with E-state index in [9.17, 15) is 9.59 Å². The molecule has 5 nitrogen and oxygen atoms in total. The molecule has 21 heavy (non-hydrogen) atoms. The van der Waals surface area contributed by atoms with Crippen LogP contribution in [0.2, 0.25) is 0 Å². The summed E-state index contributed by atoms with van der Waals surface area (Å²) in [5, 5.41) is 14.4. The van der Waals surface area contributed by atoms with E-state index in [1.54, 1.807) is 0 Å². The minimum atomic E-state index is -1.07. The molecule has 1 aromatic rings. The van der Waals surface area contributed by atoms with Crippen LogP contribution in [0.15, 0.2) is 30.3 Å². The van der Waals surface area contributed by atoms with Crippen molar-refractivity contribution in [3.05, 3.63) is 35.9 Å². The fourth-order valence-corrected chi connectivity index (χ4v) is 2.64. The van der Waals surface area contributed by atoms with Gasteiger partial charge in [0, 0.05) is 19.2 Å². The van der Waals surface area contributed by atoms with Gasteiger partial charge in [0.25, 0.3) is 0 Å². The number of rotatable bonds is 7. The van der Waals surface area contributed by atoms with E-state index in [2.05, 4.69) is 10.6 Å². The third-order valence-corrected chi connectivity index (χ3v) is 3.99. The van der Waals surface area contributed by atoms with Gasteiger partial charge in [-0.15, -0.1) is 0 Å². The second-order valence-electron chi connectivity index (χ2n) is 4.35. The van der Waals surface area contributed by atoms with Crippen molar-refractivity contribution in [3.8, 4) is 0 Å². The smallest absolute Gasteiger partial charge is 0.327 e. The maximum Gasteiger partial charge on any atom is 0.327 e. The summed E-state index contributed by atoms with van der Waals surface area (Å²) in [5.41, 5.74) is 1.21. The molecule has 0 saturated heterocycles. The molecular formula is C14H18N2O3S2. The van der Waals surface area contributed by atoms with Crippen molar-refractivity contribution in [1.29, 1.82) is 0 Å². The first kappa shape index (κ1) is 17.5. The molecule has 1 atom stereocenters. The van der Waals surface area contributed by atoms with E-state index in [-0.39, 0.29) is 11.7 Å². The first-order chi connectivity index (χ1) is 9.99. The molecule has 0 radical (unpaired) electrons. The molecule has 3 N–H and O–H groups in total. The molecule has 0 spiro atoms. The van der Waals surface area contributed by atoms with E-state index in [0.717, 1.165) is 6.42 Å². The molecule has 0 aliphatic rings. The number of thioether (sulfide) groups is 1. The molecule has 0 saturated carbocycles. The van der Waals surface area contributed by atoms with Crippen molar-refractivity contribution in [2.75, 3.05) is 12.3 Å². The summed E-state index contributed by atoms with van der Waals surface area (Å²) in [4.78, 5) is 21.9. The van der Waals surface area contributed by atoms with Gasteiger partial charge in [-0.05, 0) is 12.0 Å². The van der Waals surface area contributed by atoms with Crippen molar-refractivity contribution in [1.82, 2.24) is 10.6 Å². The number of hydrogen-bond donors (Lipinski definition) is 3. The van der Waals surface area contributed by atoms with Crippen LogP contribution >= 0.6 is 24.0 Å². The Bertz CT molecular complexity index is 494. The first-order valence-electron chi connectivity index (χ1n) is 6.43. The third kappa shape index (κ3) is 7.67. The van der Waals surface area contributed by atoms with Gasteiger partial charge in [-0.3, -0.25) is 4.79 Å². The number of benzene rings is 1. The SMILES string of the molecule is CC(=O)N[C@@H](CSC(=S)NCCc1ccccc1)C(=O)O. The quantitative estimate of drug-likeness (QED) is 0.658. The highest BCUT2D eigenvalue weighted by Crippen LogP contribution is 2.06. The molecule has 114 valence electrons. The minimum absolute atomic E-state index is 0.200. The van der Waals surface area contributed by atoms with Gasteiger partial charge >= 0.3 is 5.97 Å². The second kappa shape index (κ2) is 9.36. The van der Waals surface area contributed by atoms with E-state index >= 15 is 0 Å². The normalized spacial score (nSPS) is 11.5. The molecule has 0 bridgehead atoms. The molecular weight excluding hydrogens is 308 g/mol. The molecule has 7 heteroatoms. The van der Waals surface area contributed by atoms with Gasteiger partial charge in [-0.1, -0.05) is 54.3 Å². The zero-order chi connectivity index (χ0) is 15.7. The van der Waals surface area contributed by atoms with E-state index in [1.165, 1.54) is 24.2 Å². The Hall–Kier alpha value is -1.60. The Labute approximate surface area is 133 Å². The van der Waals surface area contributed by atoms with Gasteiger partial charge in [0.2, 0.25) is 5.91 Å². The summed E-state index contributed by atoms with van der Waals surface area (Å²) < 4.78 is 0.530. The van der Waals surface area contributed by atoms with Crippen molar-refractivity contribution in [2.45, 2.75) is 19.4 Å². The Morgan fingerprint density at radius 2 is 2.00 bits per heavy atom. The van der Waals surface area contributed by atoms with Gasteiger partial charge in [-0.25, -0.2) is 4.79 Å². The van der Waals surface area contributed by atoms with Crippen LogP contribution in [0.5, 0.6) is 0 Å².